The van der Waals surface area contributed by atoms with Gasteiger partial charge in [0.15, 0.2) is 0 Å². The quantitative estimate of drug-likeness (QED) is 0.808. The molecule has 1 amide bonds. The molecule has 0 bridgehead atoms. The van der Waals surface area contributed by atoms with Crippen molar-refractivity contribution in [3.05, 3.63) is 41.8 Å². The lowest BCUT2D eigenvalue weighted by Gasteiger charge is -2.30. The van der Waals surface area contributed by atoms with E-state index in [-0.39, 0.29) is 17.0 Å². The molecule has 104 valence electrons. The number of rotatable bonds is 1. The van der Waals surface area contributed by atoms with E-state index in [0.29, 0.717) is 11.4 Å². The maximum absolute atomic E-state index is 14.2. The SMILES string of the molecule is CC1(C)CSCN1C(=O)c1cc2cccnc2cc1F. The van der Waals surface area contributed by atoms with Crippen LogP contribution in [-0.2, 0) is 0 Å². The first-order valence-corrected chi connectivity index (χ1v) is 7.58. The molecule has 2 aromatic rings. The fourth-order valence-electron chi connectivity index (χ4n) is 2.38. The number of halogens is 1. The Labute approximate surface area is 121 Å². The van der Waals surface area contributed by atoms with E-state index in [9.17, 15) is 9.18 Å². The van der Waals surface area contributed by atoms with E-state index in [0.717, 1.165) is 11.1 Å². The second kappa shape index (κ2) is 4.74. The van der Waals surface area contributed by atoms with Crippen molar-refractivity contribution >= 4 is 28.6 Å². The molecule has 0 N–H and O–H groups in total. The van der Waals surface area contributed by atoms with Gasteiger partial charge >= 0.3 is 0 Å². The first-order valence-electron chi connectivity index (χ1n) is 6.43. The molecule has 1 fully saturated rings. The minimum atomic E-state index is -0.506. The maximum atomic E-state index is 14.2. The van der Waals surface area contributed by atoms with Gasteiger partial charge in [-0.05, 0) is 26.0 Å². The topological polar surface area (TPSA) is 33.2 Å². The minimum absolute atomic E-state index is 0.126. The second-order valence-corrected chi connectivity index (χ2v) is 6.51. The standard InChI is InChI=1S/C15H15FN2OS/c1-15(2)8-20-9-18(15)14(19)11-6-10-4-3-5-17-13(10)7-12(11)16/h3-7H,8-9H2,1-2H3. The molecular formula is C15H15FN2OS. The molecule has 0 atom stereocenters. The van der Waals surface area contributed by atoms with Gasteiger partial charge in [-0.3, -0.25) is 9.78 Å². The normalized spacial score (nSPS) is 17.6. The molecule has 1 aliphatic heterocycles. The van der Waals surface area contributed by atoms with Crippen molar-refractivity contribution in [3.8, 4) is 0 Å². The Balaban J connectivity index is 2.05. The summed E-state index contributed by atoms with van der Waals surface area (Å²) in [4.78, 5) is 18.4. The predicted octanol–water partition coefficient (Wildman–Crippen LogP) is 3.30. The maximum Gasteiger partial charge on any atom is 0.258 e. The van der Waals surface area contributed by atoms with Crippen LogP contribution in [0.25, 0.3) is 10.9 Å². The number of pyridine rings is 1. The minimum Gasteiger partial charge on any atom is -0.323 e. The van der Waals surface area contributed by atoms with Crippen LogP contribution in [-0.4, -0.2) is 33.0 Å². The number of fused-ring (bicyclic) bond motifs is 1. The Morgan fingerprint density at radius 2 is 2.25 bits per heavy atom. The third-order valence-corrected chi connectivity index (χ3v) is 4.93. The molecule has 1 aromatic carbocycles. The number of aromatic nitrogens is 1. The number of hydrogen-bond acceptors (Lipinski definition) is 3. The number of thioether (sulfide) groups is 1. The molecule has 1 aromatic heterocycles. The first kappa shape index (κ1) is 13.4. The fourth-order valence-corrected chi connectivity index (χ4v) is 3.77. The molecule has 0 saturated carbocycles. The summed E-state index contributed by atoms with van der Waals surface area (Å²) >= 11 is 1.69. The lowest BCUT2D eigenvalue weighted by molar-refractivity contribution is 0.0663. The molecule has 0 radical (unpaired) electrons. The van der Waals surface area contributed by atoms with Gasteiger partial charge in [0.05, 0.1) is 17.0 Å². The molecule has 0 aliphatic carbocycles. The highest BCUT2D eigenvalue weighted by atomic mass is 32.2. The van der Waals surface area contributed by atoms with Gasteiger partial charge in [-0.25, -0.2) is 4.39 Å². The summed E-state index contributed by atoms with van der Waals surface area (Å²) in [5, 5.41) is 0.780. The molecule has 1 aliphatic rings. The van der Waals surface area contributed by atoms with E-state index in [2.05, 4.69) is 4.98 Å². The van der Waals surface area contributed by atoms with E-state index < -0.39 is 5.82 Å². The fraction of sp³-hybridized carbons (Fsp3) is 0.333. The van der Waals surface area contributed by atoms with E-state index in [4.69, 9.17) is 0 Å². The van der Waals surface area contributed by atoms with Gasteiger partial charge in [0.25, 0.3) is 5.91 Å². The summed E-state index contributed by atoms with van der Waals surface area (Å²) in [6.07, 6.45) is 1.61. The summed E-state index contributed by atoms with van der Waals surface area (Å²) in [6.45, 7) is 4.01. The highest BCUT2D eigenvalue weighted by Crippen LogP contribution is 2.32. The second-order valence-electron chi connectivity index (χ2n) is 5.55. The van der Waals surface area contributed by atoms with E-state index in [1.807, 2.05) is 19.9 Å². The zero-order chi connectivity index (χ0) is 14.3. The van der Waals surface area contributed by atoms with Crippen molar-refractivity contribution in [1.29, 1.82) is 0 Å². The summed E-state index contributed by atoms with van der Waals surface area (Å²) < 4.78 is 14.2. The van der Waals surface area contributed by atoms with Crippen molar-refractivity contribution in [2.45, 2.75) is 19.4 Å². The Kier molecular flexibility index (Phi) is 3.17. The number of carbonyl (C=O) groups excluding carboxylic acids is 1. The largest absolute Gasteiger partial charge is 0.323 e. The lowest BCUT2D eigenvalue weighted by atomic mass is 10.0. The predicted molar refractivity (Wildman–Crippen MR) is 79.3 cm³/mol. The molecule has 2 heterocycles. The summed E-state index contributed by atoms with van der Waals surface area (Å²) in [6, 6.07) is 6.55. The smallest absolute Gasteiger partial charge is 0.258 e. The van der Waals surface area contributed by atoms with Crippen LogP contribution < -0.4 is 0 Å². The van der Waals surface area contributed by atoms with Crippen molar-refractivity contribution in [2.24, 2.45) is 0 Å². The number of amides is 1. The van der Waals surface area contributed by atoms with Crippen molar-refractivity contribution < 1.29 is 9.18 Å². The molecule has 0 spiro atoms. The van der Waals surface area contributed by atoms with Gasteiger partial charge in [0.2, 0.25) is 0 Å². The Morgan fingerprint density at radius 3 is 2.95 bits per heavy atom. The molecule has 3 rings (SSSR count). The van der Waals surface area contributed by atoms with E-state index in [1.54, 1.807) is 35.0 Å². The Hall–Kier alpha value is -1.62. The van der Waals surface area contributed by atoms with Gasteiger partial charge in [0.1, 0.15) is 5.82 Å². The Bertz CT molecular complexity index is 687. The summed E-state index contributed by atoms with van der Waals surface area (Å²) in [5.41, 5.74) is 0.454. The first-order chi connectivity index (χ1) is 9.49. The molecule has 20 heavy (non-hydrogen) atoms. The zero-order valence-corrected chi connectivity index (χ0v) is 12.2. The van der Waals surface area contributed by atoms with Crippen LogP contribution >= 0.6 is 11.8 Å². The number of hydrogen-bond donors (Lipinski definition) is 0. The van der Waals surface area contributed by atoms with Crippen molar-refractivity contribution in [1.82, 2.24) is 9.88 Å². The van der Waals surface area contributed by atoms with Crippen LogP contribution in [0.2, 0.25) is 0 Å². The Morgan fingerprint density at radius 1 is 1.45 bits per heavy atom. The lowest BCUT2D eigenvalue weighted by Crippen LogP contribution is -2.44. The average Bonchev–Trinajstić information content (AvgIpc) is 2.77. The van der Waals surface area contributed by atoms with E-state index >= 15 is 0 Å². The number of carbonyl (C=O) groups is 1. The van der Waals surface area contributed by atoms with Crippen LogP contribution in [0.5, 0.6) is 0 Å². The third kappa shape index (κ3) is 2.16. The highest BCUT2D eigenvalue weighted by Gasteiger charge is 2.37. The van der Waals surface area contributed by atoms with Crippen LogP contribution in [0.15, 0.2) is 30.5 Å². The number of benzene rings is 1. The van der Waals surface area contributed by atoms with Gasteiger partial charge in [-0.1, -0.05) is 6.07 Å². The number of nitrogens with zero attached hydrogens (tertiary/aromatic N) is 2. The monoisotopic (exact) mass is 290 g/mol. The van der Waals surface area contributed by atoms with Crippen LogP contribution in [0, 0.1) is 5.82 Å². The van der Waals surface area contributed by atoms with E-state index in [1.165, 1.54) is 6.07 Å². The molecule has 0 unspecified atom stereocenters. The van der Waals surface area contributed by atoms with Crippen LogP contribution in [0.4, 0.5) is 4.39 Å². The summed E-state index contributed by atoms with van der Waals surface area (Å²) in [5.74, 6) is 0.725. The van der Waals surface area contributed by atoms with Gasteiger partial charge in [-0.15, -0.1) is 11.8 Å². The zero-order valence-electron chi connectivity index (χ0n) is 11.4. The third-order valence-electron chi connectivity index (χ3n) is 3.57. The summed E-state index contributed by atoms with van der Waals surface area (Å²) in [7, 11) is 0. The van der Waals surface area contributed by atoms with Gasteiger partial charge < -0.3 is 4.90 Å². The van der Waals surface area contributed by atoms with Crippen molar-refractivity contribution in [3.63, 3.8) is 0 Å². The molecule has 1 saturated heterocycles. The van der Waals surface area contributed by atoms with Gasteiger partial charge in [0, 0.05) is 28.9 Å². The van der Waals surface area contributed by atoms with Crippen LogP contribution in [0.3, 0.4) is 0 Å². The van der Waals surface area contributed by atoms with Crippen LogP contribution in [0.1, 0.15) is 24.2 Å². The molecule has 3 nitrogen and oxygen atoms in total. The van der Waals surface area contributed by atoms with Crippen molar-refractivity contribution in [2.75, 3.05) is 11.6 Å². The average molecular weight is 290 g/mol. The molecular weight excluding hydrogens is 275 g/mol. The highest BCUT2D eigenvalue weighted by molar-refractivity contribution is 7.99. The molecule has 5 heteroatoms. The van der Waals surface area contributed by atoms with Gasteiger partial charge in [-0.2, -0.15) is 0 Å².